The van der Waals surface area contributed by atoms with Gasteiger partial charge in [0.05, 0.1) is 12.2 Å². The lowest BCUT2D eigenvalue weighted by molar-refractivity contribution is 0.526. The summed E-state index contributed by atoms with van der Waals surface area (Å²) in [6.45, 7) is 0.597. The highest BCUT2D eigenvalue weighted by Gasteiger charge is 2.20. The lowest BCUT2D eigenvalue weighted by atomic mass is 10.3. The van der Waals surface area contributed by atoms with Crippen LogP contribution < -0.4 is 5.73 Å². The third-order valence-electron chi connectivity index (χ3n) is 1.89. The van der Waals surface area contributed by atoms with Crippen LogP contribution in [0.2, 0.25) is 0 Å². The van der Waals surface area contributed by atoms with Crippen LogP contribution in [0.4, 0.5) is 0 Å². The second-order valence-corrected chi connectivity index (χ2v) is 3.80. The summed E-state index contributed by atoms with van der Waals surface area (Å²) in [5.41, 5.74) is 6.59. The van der Waals surface area contributed by atoms with E-state index in [-0.39, 0.29) is 0 Å². The lowest BCUT2D eigenvalue weighted by Gasteiger charge is -2.24. The topological polar surface area (TPSA) is 43.8 Å². The molecular weight excluding hydrogens is 158 g/mol. The molecule has 4 heteroatoms. The molecule has 1 aromatic rings. The molecule has 1 aliphatic rings. The molecule has 1 fully saturated rings. The van der Waals surface area contributed by atoms with Gasteiger partial charge >= 0.3 is 0 Å². The van der Waals surface area contributed by atoms with Gasteiger partial charge in [0, 0.05) is 29.8 Å². The van der Waals surface area contributed by atoms with E-state index < -0.39 is 0 Å². The zero-order valence-corrected chi connectivity index (χ0v) is 7.05. The van der Waals surface area contributed by atoms with Crippen molar-refractivity contribution in [1.82, 2.24) is 9.78 Å². The van der Waals surface area contributed by atoms with Gasteiger partial charge in [0.25, 0.3) is 0 Å². The van der Waals surface area contributed by atoms with Crippen LogP contribution in [-0.2, 0) is 6.54 Å². The van der Waals surface area contributed by atoms with E-state index in [0.29, 0.717) is 12.6 Å². The van der Waals surface area contributed by atoms with Crippen LogP contribution in [0, 0.1) is 0 Å². The monoisotopic (exact) mass is 169 g/mol. The summed E-state index contributed by atoms with van der Waals surface area (Å²) in [5.74, 6) is 2.40. The van der Waals surface area contributed by atoms with Crippen LogP contribution in [0.15, 0.2) is 12.4 Å². The van der Waals surface area contributed by atoms with Crippen LogP contribution >= 0.6 is 11.8 Å². The summed E-state index contributed by atoms with van der Waals surface area (Å²) >= 11 is 1.96. The van der Waals surface area contributed by atoms with Crippen LogP contribution in [0.1, 0.15) is 11.6 Å². The van der Waals surface area contributed by atoms with E-state index >= 15 is 0 Å². The highest BCUT2D eigenvalue weighted by atomic mass is 32.2. The van der Waals surface area contributed by atoms with Gasteiger partial charge in [-0.05, 0) is 0 Å². The van der Waals surface area contributed by atoms with E-state index in [4.69, 9.17) is 5.73 Å². The quantitative estimate of drug-likeness (QED) is 0.706. The molecule has 11 heavy (non-hydrogen) atoms. The van der Waals surface area contributed by atoms with Gasteiger partial charge in [-0.1, -0.05) is 0 Å². The number of hydrogen-bond acceptors (Lipinski definition) is 3. The molecule has 3 nitrogen and oxygen atoms in total. The Balaban J connectivity index is 2.11. The van der Waals surface area contributed by atoms with Gasteiger partial charge in [-0.2, -0.15) is 16.9 Å². The Bertz CT molecular complexity index is 242. The SMILES string of the molecule is NCc1cnn(C2CSC2)c1. The summed E-state index contributed by atoms with van der Waals surface area (Å²) in [4.78, 5) is 0. The van der Waals surface area contributed by atoms with E-state index in [1.54, 1.807) is 0 Å². The Hall–Kier alpha value is -0.480. The Labute approximate surface area is 70.0 Å². The van der Waals surface area contributed by atoms with Crippen molar-refractivity contribution in [3.63, 3.8) is 0 Å². The fraction of sp³-hybridized carbons (Fsp3) is 0.571. The normalized spacial score (nSPS) is 18.3. The van der Waals surface area contributed by atoms with Crippen molar-refractivity contribution in [3.8, 4) is 0 Å². The highest BCUT2D eigenvalue weighted by Crippen LogP contribution is 2.28. The summed E-state index contributed by atoms with van der Waals surface area (Å²) in [7, 11) is 0. The van der Waals surface area contributed by atoms with E-state index in [9.17, 15) is 0 Å². The fourth-order valence-electron chi connectivity index (χ4n) is 1.06. The molecule has 0 spiro atoms. The van der Waals surface area contributed by atoms with Crippen molar-refractivity contribution >= 4 is 11.8 Å². The molecule has 0 unspecified atom stereocenters. The zero-order chi connectivity index (χ0) is 7.68. The standard InChI is InChI=1S/C7H11N3S/c8-1-6-2-9-10(3-6)7-4-11-5-7/h2-3,7H,1,4-5,8H2. The molecule has 2 rings (SSSR count). The zero-order valence-electron chi connectivity index (χ0n) is 6.23. The average Bonchev–Trinajstić information content (AvgIpc) is 2.32. The third-order valence-corrected chi connectivity index (χ3v) is 3.13. The minimum Gasteiger partial charge on any atom is -0.326 e. The van der Waals surface area contributed by atoms with Gasteiger partial charge in [0.2, 0.25) is 0 Å². The number of nitrogens with zero attached hydrogens (tertiary/aromatic N) is 2. The summed E-state index contributed by atoms with van der Waals surface area (Å²) in [5, 5.41) is 4.23. The number of hydrogen-bond donors (Lipinski definition) is 1. The lowest BCUT2D eigenvalue weighted by Crippen LogP contribution is -2.22. The first-order valence-electron chi connectivity index (χ1n) is 3.71. The molecule has 0 atom stereocenters. The third kappa shape index (κ3) is 1.28. The van der Waals surface area contributed by atoms with Gasteiger partial charge < -0.3 is 5.73 Å². The largest absolute Gasteiger partial charge is 0.326 e. The van der Waals surface area contributed by atoms with E-state index in [0.717, 1.165) is 5.56 Å². The van der Waals surface area contributed by atoms with Crippen molar-refractivity contribution in [3.05, 3.63) is 18.0 Å². The molecular formula is C7H11N3S. The van der Waals surface area contributed by atoms with Crippen LogP contribution in [0.5, 0.6) is 0 Å². The maximum Gasteiger partial charge on any atom is 0.0699 e. The second kappa shape index (κ2) is 2.87. The molecule has 0 saturated carbocycles. The van der Waals surface area contributed by atoms with Gasteiger partial charge in [-0.25, -0.2) is 0 Å². The Kier molecular flexibility index (Phi) is 1.87. The molecule has 2 N–H and O–H groups in total. The number of thioether (sulfide) groups is 1. The molecule has 0 bridgehead atoms. The summed E-state index contributed by atoms with van der Waals surface area (Å²) in [6, 6.07) is 0.625. The van der Waals surface area contributed by atoms with Gasteiger partial charge in [-0.15, -0.1) is 0 Å². The molecule has 0 aliphatic carbocycles. The maximum absolute atomic E-state index is 5.46. The van der Waals surface area contributed by atoms with Crippen molar-refractivity contribution in [2.75, 3.05) is 11.5 Å². The molecule has 60 valence electrons. The number of aromatic nitrogens is 2. The molecule has 1 aromatic heterocycles. The van der Waals surface area contributed by atoms with Gasteiger partial charge in [0.15, 0.2) is 0 Å². The Morgan fingerprint density at radius 3 is 3.00 bits per heavy atom. The first-order chi connectivity index (χ1) is 5.40. The van der Waals surface area contributed by atoms with Crippen LogP contribution in [-0.4, -0.2) is 21.3 Å². The molecule has 0 aromatic carbocycles. The molecule has 0 amide bonds. The second-order valence-electron chi connectivity index (χ2n) is 2.72. The van der Waals surface area contributed by atoms with Crippen molar-refractivity contribution in [2.24, 2.45) is 5.73 Å². The number of rotatable bonds is 2. The van der Waals surface area contributed by atoms with E-state index in [2.05, 4.69) is 5.10 Å². The predicted octanol–water partition coefficient (Wildman–Crippen LogP) is 0.630. The average molecular weight is 169 g/mol. The Morgan fingerprint density at radius 1 is 1.73 bits per heavy atom. The maximum atomic E-state index is 5.46. The van der Waals surface area contributed by atoms with Crippen LogP contribution in [0.3, 0.4) is 0 Å². The molecule has 1 saturated heterocycles. The van der Waals surface area contributed by atoms with Crippen molar-refractivity contribution in [1.29, 1.82) is 0 Å². The Morgan fingerprint density at radius 2 is 2.55 bits per heavy atom. The summed E-state index contributed by atoms with van der Waals surface area (Å²) in [6.07, 6.45) is 3.90. The number of nitrogens with two attached hydrogens (primary N) is 1. The van der Waals surface area contributed by atoms with E-state index in [1.165, 1.54) is 11.5 Å². The van der Waals surface area contributed by atoms with Gasteiger partial charge in [-0.3, -0.25) is 4.68 Å². The first kappa shape index (κ1) is 7.18. The van der Waals surface area contributed by atoms with E-state index in [1.807, 2.05) is 28.8 Å². The predicted molar refractivity (Wildman–Crippen MR) is 46.5 cm³/mol. The van der Waals surface area contributed by atoms with Crippen molar-refractivity contribution < 1.29 is 0 Å². The first-order valence-corrected chi connectivity index (χ1v) is 4.86. The highest BCUT2D eigenvalue weighted by molar-refractivity contribution is 8.00. The van der Waals surface area contributed by atoms with Gasteiger partial charge in [0.1, 0.15) is 0 Å². The fourth-order valence-corrected chi connectivity index (χ4v) is 1.81. The van der Waals surface area contributed by atoms with Crippen molar-refractivity contribution in [2.45, 2.75) is 12.6 Å². The molecule has 1 aliphatic heterocycles. The van der Waals surface area contributed by atoms with Crippen LogP contribution in [0.25, 0.3) is 0 Å². The minimum absolute atomic E-state index is 0.597. The smallest absolute Gasteiger partial charge is 0.0699 e. The molecule has 2 heterocycles. The minimum atomic E-state index is 0.597. The summed E-state index contributed by atoms with van der Waals surface area (Å²) < 4.78 is 2.03. The molecule has 0 radical (unpaired) electrons.